The molecule has 3 heterocycles. The zero-order valence-corrected chi connectivity index (χ0v) is 14.4. The Morgan fingerprint density at radius 1 is 1.39 bits per heavy atom. The van der Waals surface area contributed by atoms with Crippen LogP contribution in [0.25, 0.3) is 21.6 Å². The van der Waals surface area contributed by atoms with Crippen LogP contribution in [0, 0.1) is 19.3 Å². The second kappa shape index (κ2) is 6.52. The van der Waals surface area contributed by atoms with Gasteiger partial charge in [0.05, 0.1) is 16.7 Å². The summed E-state index contributed by atoms with van der Waals surface area (Å²) >= 11 is 2.83. The smallest absolute Gasteiger partial charge is 0.201 e. The second-order valence-electron chi connectivity index (χ2n) is 4.85. The van der Waals surface area contributed by atoms with Gasteiger partial charge in [-0.05, 0) is 26.0 Å². The third-order valence-corrected chi connectivity index (χ3v) is 5.31. The van der Waals surface area contributed by atoms with Gasteiger partial charge in [0.15, 0.2) is 9.35 Å². The molecule has 0 aliphatic heterocycles. The summed E-state index contributed by atoms with van der Waals surface area (Å²) in [4.78, 5) is 17.3. The lowest BCUT2D eigenvalue weighted by molar-refractivity contribution is 0.776. The van der Waals surface area contributed by atoms with Crippen LogP contribution < -0.4 is 5.43 Å². The van der Waals surface area contributed by atoms with E-state index in [4.69, 9.17) is 6.42 Å². The van der Waals surface area contributed by atoms with Gasteiger partial charge in [-0.3, -0.25) is 4.79 Å². The highest BCUT2D eigenvalue weighted by Gasteiger charge is 2.15. The van der Waals surface area contributed by atoms with Crippen molar-refractivity contribution in [3.63, 3.8) is 0 Å². The lowest BCUT2D eigenvalue weighted by Crippen LogP contribution is -2.13. The summed E-state index contributed by atoms with van der Waals surface area (Å²) in [6, 6.07) is 3.67. The van der Waals surface area contributed by atoms with E-state index in [1.165, 1.54) is 23.1 Å². The maximum absolute atomic E-state index is 12.8. The molecule has 0 radical (unpaired) electrons. The van der Waals surface area contributed by atoms with Crippen LogP contribution in [-0.2, 0) is 6.54 Å². The number of hydrogen-bond donors (Lipinski definition) is 0. The lowest BCUT2D eigenvalue weighted by Gasteiger charge is -2.09. The fraction of sp³-hybridized carbons (Fsp3) is 0.250. The molecular weight excluding hydrogens is 328 g/mol. The molecule has 3 aromatic heterocycles. The topological polar surface area (TPSA) is 60.7 Å². The summed E-state index contributed by atoms with van der Waals surface area (Å²) in [6.07, 6.45) is 7.07. The summed E-state index contributed by atoms with van der Waals surface area (Å²) < 4.78 is 2.73. The molecule has 116 valence electrons. The second-order valence-corrected chi connectivity index (χ2v) is 7.05. The average Bonchev–Trinajstić information content (AvgIpc) is 3.02. The number of rotatable bonds is 4. The fourth-order valence-electron chi connectivity index (χ4n) is 2.23. The zero-order chi connectivity index (χ0) is 16.4. The van der Waals surface area contributed by atoms with Gasteiger partial charge in [0.1, 0.15) is 5.65 Å². The van der Waals surface area contributed by atoms with Crippen LogP contribution in [0.4, 0.5) is 0 Å². The van der Waals surface area contributed by atoms with Crippen molar-refractivity contribution < 1.29 is 0 Å². The van der Waals surface area contributed by atoms with E-state index in [1.54, 1.807) is 0 Å². The Hall–Kier alpha value is -2.17. The van der Waals surface area contributed by atoms with Gasteiger partial charge in [0.2, 0.25) is 5.43 Å². The minimum Gasteiger partial charge on any atom is -0.332 e. The molecule has 5 nitrogen and oxygen atoms in total. The molecule has 0 atom stereocenters. The number of pyridine rings is 2. The number of nitrogens with zero attached hydrogens (tertiary/aromatic N) is 4. The summed E-state index contributed by atoms with van der Waals surface area (Å²) in [7, 11) is 0. The van der Waals surface area contributed by atoms with Crippen LogP contribution in [0.3, 0.4) is 0 Å². The van der Waals surface area contributed by atoms with Gasteiger partial charge >= 0.3 is 0 Å². The largest absolute Gasteiger partial charge is 0.332 e. The third kappa shape index (κ3) is 3.00. The fourth-order valence-corrected chi connectivity index (χ4v) is 3.77. The first-order valence-corrected chi connectivity index (χ1v) is 8.85. The first-order chi connectivity index (χ1) is 11.1. The van der Waals surface area contributed by atoms with Gasteiger partial charge in [0.25, 0.3) is 0 Å². The number of fused-ring (bicyclic) bond motifs is 1. The molecule has 0 aromatic carbocycles. The van der Waals surface area contributed by atoms with Crippen LogP contribution in [0.15, 0.2) is 27.5 Å². The summed E-state index contributed by atoms with van der Waals surface area (Å²) in [5.41, 5.74) is 2.07. The molecule has 0 saturated carbocycles. The molecule has 0 saturated heterocycles. The number of aromatic nitrogens is 4. The summed E-state index contributed by atoms with van der Waals surface area (Å²) in [5, 5.41) is 9.45. The minimum absolute atomic E-state index is 0.0677. The highest BCUT2D eigenvalue weighted by molar-refractivity contribution is 8.01. The van der Waals surface area contributed by atoms with E-state index in [0.29, 0.717) is 27.4 Å². The van der Waals surface area contributed by atoms with Crippen LogP contribution >= 0.6 is 23.1 Å². The van der Waals surface area contributed by atoms with E-state index in [9.17, 15) is 4.79 Å². The minimum atomic E-state index is -0.0677. The predicted octanol–water partition coefficient (Wildman–Crippen LogP) is 2.97. The van der Waals surface area contributed by atoms with Crippen LogP contribution in [-0.4, -0.2) is 25.5 Å². The van der Waals surface area contributed by atoms with Crippen molar-refractivity contribution >= 4 is 34.1 Å². The summed E-state index contributed by atoms with van der Waals surface area (Å²) in [6.45, 7) is 4.65. The van der Waals surface area contributed by atoms with E-state index >= 15 is 0 Å². The molecule has 7 heteroatoms. The molecule has 0 amide bonds. The standard InChI is InChI=1S/C16H14N4OS2/c1-4-8-22-16-19-18-15(23-16)12-9-20(5-2)14-11(13(12)21)7-6-10(3)17-14/h1,6-7,9H,5,8H2,2-3H3. The average molecular weight is 342 g/mol. The van der Waals surface area contributed by atoms with Crippen LogP contribution in [0.5, 0.6) is 0 Å². The molecule has 0 bridgehead atoms. The van der Waals surface area contributed by atoms with Gasteiger partial charge < -0.3 is 4.57 Å². The van der Waals surface area contributed by atoms with E-state index < -0.39 is 0 Å². The van der Waals surface area contributed by atoms with Crippen molar-refractivity contribution in [3.8, 4) is 22.9 Å². The maximum atomic E-state index is 12.8. The van der Waals surface area contributed by atoms with Gasteiger partial charge in [-0.1, -0.05) is 29.0 Å². The van der Waals surface area contributed by atoms with Gasteiger partial charge in [-0.15, -0.1) is 16.6 Å². The Morgan fingerprint density at radius 2 is 2.22 bits per heavy atom. The molecule has 0 fully saturated rings. The predicted molar refractivity (Wildman–Crippen MR) is 94.9 cm³/mol. The first kappa shape index (κ1) is 15.7. The van der Waals surface area contributed by atoms with Crippen molar-refractivity contribution in [3.05, 3.63) is 34.2 Å². The highest BCUT2D eigenvalue weighted by Crippen LogP contribution is 2.28. The molecule has 0 N–H and O–H groups in total. The normalized spacial score (nSPS) is 10.8. The molecule has 0 spiro atoms. The zero-order valence-electron chi connectivity index (χ0n) is 12.7. The molecule has 0 aliphatic rings. The number of aryl methyl sites for hydroxylation is 2. The molecule has 0 aliphatic carbocycles. The highest BCUT2D eigenvalue weighted by atomic mass is 32.2. The molecular formula is C16H14N4OS2. The van der Waals surface area contributed by atoms with Crippen molar-refractivity contribution in [2.45, 2.75) is 24.7 Å². The van der Waals surface area contributed by atoms with E-state index in [-0.39, 0.29) is 5.43 Å². The number of hydrogen-bond acceptors (Lipinski definition) is 6. The van der Waals surface area contributed by atoms with Crippen LogP contribution in [0.1, 0.15) is 12.6 Å². The molecule has 3 rings (SSSR count). The Balaban J connectivity index is 2.16. The van der Waals surface area contributed by atoms with Gasteiger partial charge in [0, 0.05) is 18.4 Å². The van der Waals surface area contributed by atoms with Crippen molar-refractivity contribution in [1.29, 1.82) is 0 Å². The van der Waals surface area contributed by atoms with Crippen molar-refractivity contribution in [2.75, 3.05) is 5.75 Å². The Labute approximate surface area is 141 Å². The van der Waals surface area contributed by atoms with Gasteiger partial charge in [-0.2, -0.15) is 0 Å². The van der Waals surface area contributed by atoms with Gasteiger partial charge in [-0.25, -0.2) is 4.98 Å². The lowest BCUT2D eigenvalue weighted by atomic mass is 10.2. The van der Waals surface area contributed by atoms with E-state index in [2.05, 4.69) is 21.1 Å². The number of thioether (sulfide) groups is 1. The monoisotopic (exact) mass is 342 g/mol. The molecule has 3 aromatic rings. The Bertz CT molecular complexity index is 968. The molecule has 23 heavy (non-hydrogen) atoms. The van der Waals surface area contributed by atoms with E-state index in [1.807, 2.05) is 36.7 Å². The Morgan fingerprint density at radius 3 is 2.96 bits per heavy atom. The first-order valence-electron chi connectivity index (χ1n) is 7.05. The van der Waals surface area contributed by atoms with E-state index in [0.717, 1.165) is 16.6 Å². The summed E-state index contributed by atoms with van der Waals surface area (Å²) in [5.74, 6) is 3.09. The SMILES string of the molecule is C#CCSc1nnc(-c2cn(CC)c3nc(C)ccc3c2=O)s1. The van der Waals surface area contributed by atoms with Crippen molar-refractivity contribution in [1.82, 2.24) is 19.7 Å². The third-order valence-electron chi connectivity index (χ3n) is 3.32. The van der Waals surface area contributed by atoms with Crippen LogP contribution in [0.2, 0.25) is 0 Å². The quantitative estimate of drug-likeness (QED) is 0.539. The van der Waals surface area contributed by atoms with Crippen molar-refractivity contribution in [2.24, 2.45) is 0 Å². The maximum Gasteiger partial charge on any atom is 0.201 e. The number of terminal acetylenes is 1. The Kier molecular flexibility index (Phi) is 4.46. The molecule has 0 unspecified atom stereocenters.